The molecule has 1 heterocycles. The van der Waals surface area contributed by atoms with Crippen molar-refractivity contribution in [2.24, 2.45) is 0 Å². The zero-order valence-electron chi connectivity index (χ0n) is 7.58. The molecule has 3 nitrogen and oxygen atoms in total. The summed E-state index contributed by atoms with van der Waals surface area (Å²) >= 11 is 4.40. The summed E-state index contributed by atoms with van der Waals surface area (Å²) in [5, 5.41) is 0. The number of hydrogen-bond acceptors (Lipinski definition) is 3. The van der Waals surface area contributed by atoms with Crippen LogP contribution in [0.4, 0.5) is 0 Å². The molecular formula is C8H10BrNO2S2. The summed E-state index contributed by atoms with van der Waals surface area (Å²) < 4.78 is 26.7. The number of thiophene rings is 1. The monoisotopic (exact) mass is 295 g/mol. The smallest absolute Gasteiger partial charge is 0.206 e. The summed E-state index contributed by atoms with van der Waals surface area (Å²) in [6, 6.07) is 3.27. The van der Waals surface area contributed by atoms with E-state index in [2.05, 4.69) is 27.2 Å². The Morgan fingerprint density at radius 2 is 2.29 bits per heavy atom. The summed E-state index contributed by atoms with van der Waals surface area (Å²) in [5.41, 5.74) is 0.782. The average molecular weight is 296 g/mol. The zero-order valence-corrected chi connectivity index (χ0v) is 10.8. The molecule has 0 saturated carbocycles. The molecular weight excluding hydrogens is 286 g/mol. The minimum absolute atomic E-state index is 0.276. The quantitative estimate of drug-likeness (QED) is 0.867. The minimum Gasteiger partial charge on any atom is -0.206 e. The van der Waals surface area contributed by atoms with Gasteiger partial charge in [0.1, 0.15) is 4.21 Å². The van der Waals surface area contributed by atoms with E-state index in [1.54, 1.807) is 19.1 Å². The van der Waals surface area contributed by atoms with Crippen molar-refractivity contribution in [2.75, 3.05) is 6.54 Å². The normalized spacial score (nSPS) is 11.6. The molecule has 0 spiro atoms. The maximum absolute atomic E-state index is 11.6. The predicted molar refractivity (Wildman–Crippen MR) is 62.0 cm³/mol. The third-order valence-corrected chi connectivity index (χ3v) is 4.89. The molecule has 0 atom stereocenters. The second kappa shape index (κ2) is 4.57. The number of nitrogens with one attached hydrogen (secondary N) is 1. The highest BCUT2D eigenvalue weighted by Gasteiger charge is 2.15. The summed E-state index contributed by atoms with van der Waals surface area (Å²) in [6.45, 7) is 5.67. The first-order valence-electron chi connectivity index (χ1n) is 3.81. The standard InChI is InChI=1S/C8H10BrNO2S2/c1-6(2)5-10-14(11,12)8-4-3-7(9)13-8/h3-4,10H,1,5H2,2H3. The Morgan fingerprint density at radius 1 is 1.64 bits per heavy atom. The lowest BCUT2D eigenvalue weighted by molar-refractivity contribution is 0.587. The predicted octanol–water partition coefficient (Wildman–Crippen LogP) is 2.37. The van der Waals surface area contributed by atoms with Crippen molar-refractivity contribution in [2.45, 2.75) is 11.1 Å². The van der Waals surface area contributed by atoms with E-state index in [1.807, 2.05) is 0 Å². The fourth-order valence-corrected chi connectivity index (χ4v) is 3.88. The van der Waals surface area contributed by atoms with Gasteiger partial charge in [0.05, 0.1) is 3.79 Å². The van der Waals surface area contributed by atoms with Crippen LogP contribution in [-0.4, -0.2) is 15.0 Å². The molecule has 78 valence electrons. The van der Waals surface area contributed by atoms with Gasteiger partial charge in [-0.25, -0.2) is 13.1 Å². The van der Waals surface area contributed by atoms with E-state index in [9.17, 15) is 8.42 Å². The molecule has 1 N–H and O–H groups in total. The molecule has 14 heavy (non-hydrogen) atoms. The summed E-state index contributed by atoms with van der Waals surface area (Å²) in [6.07, 6.45) is 0. The third kappa shape index (κ3) is 3.20. The first-order chi connectivity index (χ1) is 6.42. The van der Waals surface area contributed by atoms with Gasteiger partial charge in [-0.1, -0.05) is 12.2 Å². The van der Waals surface area contributed by atoms with Gasteiger partial charge in [0.25, 0.3) is 0 Å². The summed E-state index contributed by atoms with van der Waals surface area (Å²) in [4.78, 5) is 0. The molecule has 0 aromatic carbocycles. The number of hydrogen-bond donors (Lipinski definition) is 1. The molecule has 0 aliphatic heterocycles. The van der Waals surface area contributed by atoms with Gasteiger partial charge < -0.3 is 0 Å². The average Bonchev–Trinajstić information content (AvgIpc) is 2.49. The molecule has 0 radical (unpaired) electrons. The van der Waals surface area contributed by atoms with Crippen LogP contribution in [0.25, 0.3) is 0 Å². The van der Waals surface area contributed by atoms with Crippen LogP contribution < -0.4 is 4.72 Å². The van der Waals surface area contributed by atoms with Crippen LogP contribution in [0.3, 0.4) is 0 Å². The highest BCUT2D eigenvalue weighted by molar-refractivity contribution is 9.11. The lowest BCUT2D eigenvalue weighted by atomic mass is 10.4. The van der Waals surface area contributed by atoms with E-state index in [1.165, 1.54) is 11.3 Å². The molecule has 1 rings (SSSR count). The van der Waals surface area contributed by atoms with Crippen molar-refractivity contribution in [3.63, 3.8) is 0 Å². The van der Waals surface area contributed by atoms with Crippen LogP contribution in [0.1, 0.15) is 6.92 Å². The van der Waals surface area contributed by atoms with Gasteiger partial charge in [-0.3, -0.25) is 0 Å². The van der Waals surface area contributed by atoms with Gasteiger partial charge in [0, 0.05) is 6.54 Å². The van der Waals surface area contributed by atoms with Crippen LogP contribution in [0.2, 0.25) is 0 Å². The van der Waals surface area contributed by atoms with E-state index in [-0.39, 0.29) is 6.54 Å². The highest BCUT2D eigenvalue weighted by atomic mass is 79.9. The Hall–Kier alpha value is -0.170. The molecule has 0 fully saturated rings. The van der Waals surface area contributed by atoms with Crippen molar-refractivity contribution < 1.29 is 8.42 Å². The number of rotatable bonds is 4. The van der Waals surface area contributed by atoms with Crippen molar-refractivity contribution in [3.8, 4) is 0 Å². The maximum atomic E-state index is 11.6. The topological polar surface area (TPSA) is 46.2 Å². The second-order valence-corrected chi connectivity index (χ2v) is 7.30. The Morgan fingerprint density at radius 3 is 2.71 bits per heavy atom. The van der Waals surface area contributed by atoms with Gasteiger partial charge in [-0.2, -0.15) is 0 Å². The lowest BCUT2D eigenvalue weighted by Crippen LogP contribution is -2.24. The Labute approximate surface area is 96.0 Å². The van der Waals surface area contributed by atoms with Crippen molar-refractivity contribution in [1.82, 2.24) is 4.72 Å². The third-order valence-electron chi connectivity index (χ3n) is 1.38. The Balaban J connectivity index is 2.81. The minimum atomic E-state index is -3.36. The van der Waals surface area contributed by atoms with Crippen molar-refractivity contribution in [3.05, 3.63) is 28.1 Å². The molecule has 1 aromatic heterocycles. The number of sulfonamides is 1. The maximum Gasteiger partial charge on any atom is 0.250 e. The van der Waals surface area contributed by atoms with Gasteiger partial charge in [0.15, 0.2) is 0 Å². The molecule has 0 amide bonds. The van der Waals surface area contributed by atoms with E-state index in [0.717, 1.165) is 9.36 Å². The van der Waals surface area contributed by atoms with Crippen LogP contribution in [-0.2, 0) is 10.0 Å². The van der Waals surface area contributed by atoms with E-state index in [0.29, 0.717) is 4.21 Å². The van der Waals surface area contributed by atoms with Gasteiger partial charge in [-0.15, -0.1) is 11.3 Å². The fraction of sp³-hybridized carbons (Fsp3) is 0.250. The molecule has 6 heteroatoms. The van der Waals surface area contributed by atoms with Crippen LogP contribution in [0.15, 0.2) is 32.3 Å². The molecule has 0 saturated heterocycles. The summed E-state index contributed by atoms with van der Waals surface area (Å²) in [5.74, 6) is 0. The largest absolute Gasteiger partial charge is 0.250 e. The molecule has 0 unspecified atom stereocenters. The Bertz CT molecular complexity index is 436. The van der Waals surface area contributed by atoms with Gasteiger partial charge in [-0.05, 0) is 35.0 Å². The molecule has 1 aromatic rings. The first-order valence-corrected chi connectivity index (χ1v) is 6.90. The summed E-state index contributed by atoms with van der Waals surface area (Å²) in [7, 11) is -3.36. The second-order valence-electron chi connectivity index (χ2n) is 2.84. The van der Waals surface area contributed by atoms with Gasteiger partial charge >= 0.3 is 0 Å². The fourth-order valence-electron chi connectivity index (χ4n) is 0.731. The van der Waals surface area contributed by atoms with Crippen LogP contribution >= 0.6 is 27.3 Å². The zero-order chi connectivity index (χ0) is 10.8. The van der Waals surface area contributed by atoms with Crippen molar-refractivity contribution in [1.29, 1.82) is 0 Å². The molecule has 0 bridgehead atoms. The lowest BCUT2D eigenvalue weighted by Gasteiger charge is -2.03. The SMILES string of the molecule is C=C(C)CNS(=O)(=O)c1ccc(Br)s1. The molecule has 0 aliphatic carbocycles. The first kappa shape index (κ1) is 11.9. The van der Waals surface area contributed by atoms with Crippen LogP contribution in [0, 0.1) is 0 Å². The van der Waals surface area contributed by atoms with Crippen molar-refractivity contribution >= 4 is 37.3 Å². The van der Waals surface area contributed by atoms with Gasteiger partial charge in [0.2, 0.25) is 10.0 Å². The van der Waals surface area contributed by atoms with E-state index < -0.39 is 10.0 Å². The van der Waals surface area contributed by atoms with Crippen LogP contribution in [0.5, 0.6) is 0 Å². The highest BCUT2D eigenvalue weighted by Crippen LogP contribution is 2.25. The molecule has 0 aliphatic rings. The van der Waals surface area contributed by atoms with E-state index >= 15 is 0 Å². The Kier molecular flexibility index (Phi) is 3.88. The van der Waals surface area contributed by atoms with E-state index in [4.69, 9.17) is 0 Å². The number of halogens is 1.